The zero-order chi connectivity index (χ0) is 12.3. The second-order valence-corrected chi connectivity index (χ2v) is 4.12. The van der Waals surface area contributed by atoms with Crippen molar-refractivity contribution in [3.05, 3.63) is 40.7 Å². The molecule has 0 bridgehead atoms. The average Bonchev–Trinajstić information content (AvgIpc) is 2.23. The van der Waals surface area contributed by atoms with E-state index >= 15 is 0 Å². The van der Waals surface area contributed by atoms with Crippen molar-refractivity contribution < 1.29 is 13.9 Å². The van der Waals surface area contributed by atoms with Crippen LogP contribution in [0.3, 0.4) is 0 Å². The summed E-state index contributed by atoms with van der Waals surface area (Å²) in [6.45, 7) is 1.06. The number of hydrogen-bond acceptors (Lipinski definition) is 2. The molecule has 0 radical (unpaired) electrons. The summed E-state index contributed by atoms with van der Waals surface area (Å²) in [5, 5.41) is 2.99. The minimum absolute atomic E-state index is 0.0586. The molecule has 0 saturated carbocycles. The van der Waals surface area contributed by atoms with Crippen LogP contribution in [0.1, 0.15) is 5.56 Å². The molecule has 5 heteroatoms. The van der Waals surface area contributed by atoms with Crippen LogP contribution in [0.25, 0.3) is 6.08 Å². The first-order valence-corrected chi connectivity index (χ1v) is 5.55. The van der Waals surface area contributed by atoms with Crippen molar-refractivity contribution in [3.63, 3.8) is 0 Å². The van der Waals surface area contributed by atoms with Gasteiger partial charge in [-0.25, -0.2) is 4.39 Å². The zero-order valence-corrected chi connectivity index (χ0v) is 9.71. The maximum Gasteiger partial charge on any atom is 0.244 e. The molecule has 0 aromatic heterocycles. The molecule has 1 aromatic rings. The second kappa shape index (κ2) is 5.29. The molecule has 0 unspecified atom stereocenters. The summed E-state index contributed by atoms with van der Waals surface area (Å²) >= 11 is 5.81. The molecule has 1 N–H and O–H groups in total. The lowest BCUT2D eigenvalue weighted by atomic mass is 10.2. The van der Waals surface area contributed by atoms with Crippen molar-refractivity contribution in [2.75, 3.05) is 13.2 Å². The molecule has 1 aliphatic rings. The van der Waals surface area contributed by atoms with Gasteiger partial charge in [0.25, 0.3) is 0 Å². The smallest absolute Gasteiger partial charge is 0.244 e. The number of rotatable bonds is 3. The summed E-state index contributed by atoms with van der Waals surface area (Å²) in [6.07, 6.45) is 2.63. The number of carbonyl (C=O) groups excluding carboxylic acids is 1. The molecule has 1 amide bonds. The van der Waals surface area contributed by atoms with Gasteiger partial charge in [0.15, 0.2) is 0 Å². The third kappa shape index (κ3) is 3.05. The average molecular weight is 256 g/mol. The van der Waals surface area contributed by atoms with Crippen LogP contribution in [0.2, 0.25) is 5.02 Å². The monoisotopic (exact) mass is 255 g/mol. The quantitative estimate of drug-likeness (QED) is 0.839. The van der Waals surface area contributed by atoms with Crippen molar-refractivity contribution in [1.82, 2.24) is 5.32 Å². The van der Waals surface area contributed by atoms with Gasteiger partial charge in [-0.1, -0.05) is 17.7 Å². The summed E-state index contributed by atoms with van der Waals surface area (Å²) in [6, 6.07) is 4.44. The van der Waals surface area contributed by atoms with E-state index < -0.39 is 5.82 Å². The molecule has 1 saturated heterocycles. The van der Waals surface area contributed by atoms with Gasteiger partial charge in [0, 0.05) is 11.6 Å². The van der Waals surface area contributed by atoms with Crippen LogP contribution in [0, 0.1) is 5.82 Å². The van der Waals surface area contributed by atoms with E-state index in [1.807, 2.05) is 0 Å². The standard InChI is InChI=1S/C12H11ClFNO2/c13-10-2-1-3-11(14)9(10)4-5-12(16)15-8-6-17-7-8/h1-5,8H,6-7H2,(H,15,16). The van der Waals surface area contributed by atoms with Gasteiger partial charge in [0.1, 0.15) is 5.82 Å². The summed E-state index contributed by atoms with van der Waals surface area (Å²) < 4.78 is 18.3. The van der Waals surface area contributed by atoms with E-state index in [2.05, 4.69) is 5.32 Å². The van der Waals surface area contributed by atoms with Gasteiger partial charge in [-0.3, -0.25) is 4.79 Å². The van der Waals surface area contributed by atoms with E-state index in [0.717, 1.165) is 0 Å². The number of carbonyl (C=O) groups is 1. The summed E-state index contributed by atoms with van der Waals surface area (Å²) in [4.78, 5) is 11.4. The number of benzene rings is 1. The lowest BCUT2D eigenvalue weighted by Gasteiger charge is -2.26. The topological polar surface area (TPSA) is 38.3 Å². The van der Waals surface area contributed by atoms with E-state index in [9.17, 15) is 9.18 Å². The fourth-order valence-corrected chi connectivity index (χ4v) is 1.62. The molecule has 1 heterocycles. The Kier molecular flexibility index (Phi) is 3.76. The highest BCUT2D eigenvalue weighted by atomic mass is 35.5. The molecular weight excluding hydrogens is 245 g/mol. The molecule has 2 rings (SSSR count). The number of amides is 1. The third-order valence-electron chi connectivity index (χ3n) is 2.39. The molecule has 0 aliphatic carbocycles. The van der Waals surface area contributed by atoms with E-state index in [1.165, 1.54) is 24.3 Å². The molecule has 0 atom stereocenters. The van der Waals surface area contributed by atoms with Crippen LogP contribution in [0.4, 0.5) is 4.39 Å². The Hall–Kier alpha value is -1.39. The minimum Gasteiger partial charge on any atom is -0.377 e. The van der Waals surface area contributed by atoms with Gasteiger partial charge < -0.3 is 10.1 Å². The normalized spacial score (nSPS) is 15.9. The van der Waals surface area contributed by atoms with Crippen LogP contribution >= 0.6 is 11.6 Å². The first-order valence-electron chi connectivity index (χ1n) is 5.17. The summed E-state index contributed by atoms with van der Waals surface area (Å²) in [5.74, 6) is -0.730. The lowest BCUT2D eigenvalue weighted by Crippen LogP contribution is -2.48. The Morgan fingerprint density at radius 2 is 2.29 bits per heavy atom. The van der Waals surface area contributed by atoms with Crippen molar-refractivity contribution in [2.24, 2.45) is 0 Å². The molecular formula is C12H11ClFNO2. The van der Waals surface area contributed by atoms with Crippen molar-refractivity contribution in [2.45, 2.75) is 6.04 Å². The van der Waals surface area contributed by atoms with Crippen molar-refractivity contribution >= 4 is 23.6 Å². The predicted octanol–water partition coefficient (Wildman–Crippen LogP) is 2.01. The van der Waals surface area contributed by atoms with Gasteiger partial charge >= 0.3 is 0 Å². The largest absolute Gasteiger partial charge is 0.377 e. The highest BCUT2D eigenvalue weighted by Gasteiger charge is 2.19. The Morgan fingerprint density at radius 1 is 1.53 bits per heavy atom. The number of ether oxygens (including phenoxy) is 1. The van der Waals surface area contributed by atoms with Crippen LogP contribution in [0.5, 0.6) is 0 Å². The molecule has 90 valence electrons. The van der Waals surface area contributed by atoms with Crippen LogP contribution < -0.4 is 5.32 Å². The molecule has 1 aromatic carbocycles. The molecule has 3 nitrogen and oxygen atoms in total. The van der Waals surface area contributed by atoms with E-state index in [0.29, 0.717) is 13.2 Å². The first-order chi connectivity index (χ1) is 8.16. The Morgan fingerprint density at radius 3 is 2.88 bits per heavy atom. The molecule has 0 spiro atoms. The minimum atomic E-state index is -0.450. The Bertz CT molecular complexity index is 438. The van der Waals surface area contributed by atoms with Gasteiger partial charge in [-0.2, -0.15) is 0 Å². The first kappa shape index (κ1) is 12.1. The number of nitrogens with one attached hydrogen (secondary N) is 1. The van der Waals surface area contributed by atoms with Crippen molar-refractivity contribution in [1.29, 1.82) is 0 Å². The second-order valence-electron chi connectivity index (χ2n) is 3.71. The van der Waals surface area contributed by atoms with Crippen molar-refractivity contribution in [3.8, 4) is 0 Å². The maximum atomic E-state index is 13.4. The van der Waals surface area contributed by atoms with Crippen LogP contribution in [-0.2, 0) is 9.53 Å². The summed E-state index contributed by atoms with van der Waals surface area (Å²) in [7, 11) is 0. The van der Waals surface area contributed by atoms with Crippen LogP contribution in [0.15, 0.2) is 24.3 Å². The Labute approximate surface area is 103 Å². The van der Waals surface area contributed by atoms with Gasteiger partial charge in [0.05, 0.1) is 24.3 Å². The molecule has 1 fully saturated rings. The zero-order valence-electron chi connectivity index (χ0n) is 8.95. The summed E-state index contributed by atoms with van der Waals surface area (Å²) in [5.41, 5.74) is 0.217. The van der Waals surface area contributed by atoms with Crippen LogP contribution in [-0.4, -0.2) is 25.2 Å². The SMILES string of the molecule is O=C(C=Cc1c(F)cccc1Cl)NC1COC1. The van der Waals surface area contributed by atoms with Gasteiger partial charge in [-0.15, -0.1) is 0 Å². The molecule has 17 heavy (non-hydrogen) atoms. The lowest BCUT2D eigenvalue weighted by molar-refractivity contribution is -0.120. The maximum absolute atomic E-state index is 13.4. The molecule has 1 aliphatic heterocycles. The highest BCUT2D eigenvalue weighted by Crippen LogP contribution is 2.20. The highest BCUT2D eigenvalue weighted by molar-refractivity contribution is 6.32. The van der Waals surface area contributed by atoms with E-state index in [1.54, 1.807) is 6.07 Å². The van der Waals surface area contributed by atoms with Gasteiger partial charge in [-0.05, 0) is 18.2 Å². The van der Waals surface area contributed by atoms with E-state index in [-0.39, 0.29) is 22.5 Å². The predicted molar refractivity (Wildman–Crippen MR) is 63.2 cm³/mol. The van der Waals surface area contributed by atoms with E-state index in [4.69, 9.17) is 16.3 Å². The number of halogens is 2. The third-order valence-corrected chi connectivity index (χ3v) is 2.72. The fraction of sp³-hybridized carbons (Fsp3) is 0.250. The Balaban J connectivity index is 2.01. The number of hydrogen-bond donors (Lipinski definition) is 1. The fourth-order valence-electron chi connectivity index (χ4n) is 1.40. The van der Waals surface area contributed by atoms with Gasteiger partial charge in [0.2, 0.25) is 5.91 Å².